The molecule has 4 aromatic rings. The number of hydrogen-bond donors (Lipinski definition) is 2. The van der Waals surface area contributed by atoms with Crippen molar-refractivity contribution in [1.82, 2.24) is 25.0 Å². The average molecular weight is 659 g/mol. The molecule has 47 heavy (non-hydrogen) atoms. The number of likely N-dealkylation sites (tertiary alicyclic amines) is 1. The lowest BCUT2D eigenvalue weighted by Gasteiger charge is -2.28. The van der Waals surface area contributed by atoms with Crippen LogP contribution in [0.2, 0.25) is 0 Å². The van der Waals surface area contributed by atoms with Gasteiger partial charge in [0.25, 0.3) is 5.91 Å². The molecule has 3 heterocycles. The molecule has 1 saturated heterocycles. The van der Waals surface area contributed by atoms with Gasteiger partial charge in [0.2, 0.25) is 11.8 Å². The van der Waals surface area contributed by atoms with Gasteiger partial charge < -0.3 is 16.0 Å². The highest BCUT2D eigenvalue weighted by Gasteiger charge is 2.41. The summed E-state index contributed by atoms with van der Waals surface area (Å²) in [4.78, 5) is 46.6. The van der Waals surface area contributed by atoms with E-state index in [1.165, 1.54) is 33.1 Å². The number of nitrogens with two attached hydrogens (primary N) is 1. The minimum atomic E-state index is -1.36. The Balaban J connectivity index is 1.21. The minimum Gasteiger partial charge on any atom is -0.364 e. The number of aromatic nitrogens is 3. The molecule has 1 aliphatic carbocycles. The molecule has 0 spiro atoms. The first kappa shape index (κ1) is 32.2. The maximum atomic E-state index is 14.8. The molecule has 2 aromatic heterocycles. The van der Waals surface area contributed by atoms with Crippen LogP contribution in [-0.4, -0.2) is 56.1 Å². The van der Waals surface area contributed by atoms with E-state index in [2.05, 4.69) is 10.4 Å². The van der Waals surface area contributed by atoms with Crippen LogP contribution in [0.5, 0.6) is 0 Å². The van der Waals surface area contributed by atoms with Gasteiger partial charge in [0.1, 0.15) is 29.6 Å². The lowest BCUT2D eigenvalue weighted by molar-refractivity contribution is -0.139. The molecule has 1 aliphatic heterocycles. The number of fused-ring (bicyclic) bond motifs is 2. The lowest BCUT2D eigenvalue weighted by Crippen LogP contribution is -2.48. The summed E-state index contributed by atoms with van der Waals surface area (Å²) in [7, 11) is 0. The van der Waals surface area contributed by atoms with E-state index in [1.807, 2.05) is 44.2 Å². The number of benzene rings is 2. The van der Waals surface area contributed by atoms with Crippen molar-refractivity contribution in [2.75, 3.05) is 6.54 Å². The van der Waals surface area contributed by atoms with Crippen LogP contribution in [-0.2, 0) is 22.6 Å². The summed E-state index contributed by atoms with van der Waals surface area (Å²) in [6.07, 6.45) is 7.64. The Labute approximate surface area is 275 Å². The van der Waals surface area contributed by atoms with Crippen LogP contribution in [0.3, 0.4) is 0 Å². The number of carbonyl (C=O) groups is 3. The Bertz CT molecular complexity index is 1900. The molecule has 0 bridgehead atoms. The molecule has 2 aromatic carbocycles. The normalized spacial score (nSPS) is 19.8. The van der Waals surface area contributed by atoms with Crippen LogP contribution in [0.4, 0.5) is 8.78 Å². The Hall–Kier alpha value is -4.71. The number of alkyl halides is 1. The van der Waals surface area contributed by atoms with Crippen molar-refractivity contribution in [2.24, 2.45) is 5.73 Å². The summed E-state index contributed by atoms with van der Waals surface area (Å²) >= 11 is 1.45. The van der Waals surface area contributed by atoms with Gasteiger partial charge in [-0.2, -0.15) is 5.10 Å². The minimum absolute atomic E-state index is 0.0290. The smallest absolute Gasteiger partial charge is 0.269 e. The van der Waals surface area contributed by atoms with Gasteiger partial charge in [0.15, 0.2) is 5.69 Å². The van der Waals surface area contributed by atoms with Gasteiger partial charge in [0, 0.05) is 17.4 Å². The summed E-state index contributed by atoms with van der Waals surface area (Å²) in [5.41, 5.74) is 9.73. The Morgan fingerprint density at radius 2 is 1.96 bits per heavy atom. The largest absolute Gasteiger partial charge is 0.364 e. The van der Waals surface area contributed by atoms with E-state index in [9.17, 15) is 23.2 Å². The maximum Gasteiger partial charge on any atom is 0.269 e. The second-order valence-corrected chi connectivity index (χ2v) is 12.9. The van der Waals surface area contributed by atoms with Crippen LogP contribution in [0, 0.1) is 5.82 Å². The van der Waals surface area contributed by atoms with Crippen molar-refractivity contribution in [3.8, 4) is 10.6 Å². The molecule has 6 rings (SSSR count). The number of nitrogens with zero attached hydrogens (tertiary/aromatic N) is 4. The first-order valence-corrected chi connectivity index (χ1v) is 16.6. The third-order valence-electron chi connectivity index (χ3n) is 8.68. The second kappa shape index (κ2) is 13.6. The van der Waals surface area contributed by atoms with Crippen LogP contribution in [0.1, 0.15) is 72.2 Å². The summed E-state index contributed by atoms with van der Waals surface area (Å²) in [5.74, 6) is -1.98. The van der Waals surface area contributed by atoms with Gasteiger partial charge in [-0.1, -0.05) is 31.2 Å². The number of aryl methyl sites for hydroxylation is 1. The van der Waals surface area contributed by atoms with Crippen LogP contribution in [0.25, 0.3) is 27.0 Å². The fraction of sp³-hybridized carbons (Fsp3) is 0.343. The molecule has 244 valence electrons. The molecule has 3 unspecified atom stereocenters. The zero-order valence-corrected chi connectivity index (χ0v) is 27.0. The molecular weight excluding hydrogens is 622 g/mol. The number of amides is 3. The van der Waals surface area contributed by atoms with Gasteiger partial charge in [-0.05, 0) is 80.1 Å². The number of carbonyl (C=O) groups excluding carboxylic acids is 3. The first-order valence-electron chi connectivity index (χ1n) is 15.8. The number of allylic oxidation sites excluding steroid dienone is 4. The Morgan fingerprint density at radius 3 is 2.68 bits per heavy atom. The predicted octanol–water partition coefficient (Wildman–Crippen LogP) is 5.90. The lowest BCUT2D eigenvalue weighted by atomic mass is 9.97. The molecule has 2 aliphatic rings. The summed E-state index contributed by atoms with van der Waals surface area (Å²) in [5, 5.41) is 8.67. The summed E-state index contributed by atoms with van der Waals surface area (Å²) in [6.45, 7) is 3.45. The third-order valence-corrected chi connectivity index (χ3v) is 9.94. The van der Waals surface area contributed by atoms with Crippen LogP contribution in [0.15, 0.2) is 60.7 Å². The van der Waals surface area contributed by atoms with Gasteiger partial charge in [-0.3, -0.25) is 19.1 Å². The van der Waals surface area contributed by atoms with E-state index < -0.39 is 29.9 Å². The summed E-state index contributed by atoms with van der Waals surface area (Å²) in [6, 6.07) is 10.3. The molecule has 12 heteroatoms. The fourth-order valence-electron chi connectivity index (χ4n) is 6.33. The van der Waals surface area contributed by atoms with E-state index in [0.29, 0.717) is 17.3 Å². The predicted molar refractivity (Wildman–Crippen MR) is 178 cm³/mol. The fourth-order valence-corrected chi connectivity index (χ4v) is 7.54. The molecular formula is C35H36F2N6O3S. The Morgan fingerprint density at radius 1 is 1.17 bits per heavy atom. The maximum absolute atomic E-state index is 14.8. The second-order valence-electron chi connectivity index (χ2n) is 11.8. The number of rotatable bonds is 9. The molecule has 3 atom stereocenters. The van der Waals surface area contributed by atoms with Gasteiger partial charge in [-0.25, -0.2) is 13.8 Å². The molecule has 3 N–H and O–H groups in total. The third kappa shape index (κ3) is 6.60. The highest BCUT2D eigenvalue weighted by molar-refractivity contribution is 7.15. The van der Waals surface area contributed by atoms with Crippen LogP contribution >= 0.6 is 11.3 Å². The van der Waals surface area contributed by atoms with Gasteiger partial charge in [-0.15, -0.1) is 11.3 Å². The molecule has 0 saturated carbocycles. The number of primary amides is 1. The zero-order chi connectivity index (χ0) is 33.2. The first-order chi connectivity index (χ1) is 22.7. The number of hydrogen-bond acceptors (Lipinski definition) is 6. The average Bonchev–Trinajstić information content (AvgIpc) is 3.77. The molecule has 1 fully saturated rings. The monoisotopic (exact) mass is 658 g/mol. The Kier molecular flexibility index (Phi) is 9.31. The van der Waals surface area contributed by atoms with Crippen molar-refractivity contribution < 1.29 is 23.2 Å². The highest BCUT2D eigenvalue weighted by Crippen LogP contribution is 2.38. The van der Waals surface area contributed by atoms with E-state index in [1.54, 1.807) is 18.2 Å². The van der Waals surface area contributed by atoms with Gasteiger partial charge >= 0.3 is 0 Å². The zero-order valence-electron chi connectivity index (χ0n) is 26.2. The van der Waals surface area contributed by atoms with E-state index in [-0.39, 0.29) is 37.1 Å². The van der Waals surface area contributed by atoms with Crippen molar-refractivity contribution in [3.05, 3.63) is 88.3 Å². The SMILES string of the molecule is CC=C(C=CCC)c1ccc2c(c1)c(C(N)=O)nn2CC(=O)N1CC(F)CC1C(=O)NC1CCCc2nc(-c3ccc(F)cc3)sc21. The standard InChI is InChI=1S/C35H36F2N6O3S/c1-3-5-7-20(4-2)22-12-15-28-25(16-22)31(33(38)45)41-43(28)19-30(44)42-18-24(37)17-29(42)34(46)39-26-8-6-9-27-32(26)47-35(40-27)21-10-13-23(36)14-11-21/h4-5,7,10-16,24,26,29H,3,6,8-9,17-19H2,1-2H3,(H2,38,45)(H,39,46). The van der Waals surface area contributed by atoms with Crippen molar-refractivity contribution >= 4 is 45.5 Å². The quantitative estimate of drug-likeness (QED) is 0.217. The highest BCUT2D eigenvalue weighted by atomic mass is 32.1. The number of halogens is 2. The molecule has 9 nitrogen and oxygen atoms in total. The van der Waals surface area contributed by atoms with Crippen molar-refractivity contribution in [1.29, 1.82) is 0 Å². The van der Waals surface area contributed by atoms with E-state index in [4.69, 9.17) is 10.7 Å². The van der Waals surface area contributed by atoms with E-state index in [0.717, 1.165) is 51.5 Å². The topological polar surface area (TPSA) is 123 Å². The molecule has 0 radical (unpaired) electrons. The molecule has 3 amide bonds. The summed E-state index contributed by atoms with van der Waals surface area (Å²) < 4.78 is 29.7. The number of nitrogens with one attached hydrogen (secondary N) is 1. The number of thiazole rings is 1. The van der Waals surface area contributed by atoms with Gasteiger partial charge in [0.05, 0.1) is 28.7 Å². The van der Waals surface area contributed by atoms with Crippen LogP contribution < -0.4 is 11.1 Å². The van der Waals surface area contributed by atoms with E-state index >= 15 is 0 Å². The van der Waals surface area contributed by atoms with Crippen molar-refractivity contribution in [3.63, 3.8) is 0 Å². The van der Waals surface area contributed by atoms with Crippen molar-refractivity contribution in [2.45, 2.75) is 70.8 Å².